The summed E-state index contributed by atoms with van der Waals surface area (Å²) in [6.45, 7) is 5.53. The largest absolute Gasteiger partial charge is 0.355 e. The van der Waals surface area contributed by atoms with Crippen molar-refractivity contribution in [3.05, 3.63) is 35.1 Å². The Morgan fingerprint density at radius 1 is 1.43 bits per heavy atom. The van der Waals surface area contributed by atoms with Gasteiger partial charge in [-0.25, -0.2) is 4.39 Å². The Morgan fingerprint density at radius 2 is 2.19 bits per heavy atom. The number of hydrogen-bond donors (Lipinski definition) is 2. The van der Waals surface area contributed by atoms with Crippen molar-refractivity contribution in [1.82, 2.24) is 15.5 Å². The van der Waals surface area contributed by atoms with E-state index in [4.69, 9.17) is 0 Å². The van der Waals surface area contributed by atoms with Gasteiger partial charge in [-0.3, -0.25) is 9.59 Å². The number of nitrogens with one attached hydrogen (secondary N) is 2. The van der Waals surface area contributed by atoms with Crippen LogP contribution in [0, 0.1) is 12.7 Å². The van der Waals surface area contributed by atoms with Crippen LogP contribution in [0.25, 0.3) is 0 Å². The molecule has 1 aliphatic rings. The summed E-state index contributed by atoms with van der Waals surface area (Å²) in [5.74, 6) is -0.940. The normalized spacial score (nSPS) is 18.4. The first-order chi connectivity index (χ1) is 10.0. The van der Waals surface area contributed by atoms with Crippen molar-refractivity contribution in [2.75, 3.05) is 26.2 Å². The van der Waals surface area contributed by atoms with Gasteiger partial charge in [0.1, 0.15) is 11.9 Å². The molecule has 0 bridgehead atoms. The van der Waals surface area contributed by atoms with Gasteiger partial charge in [0, 0.05) is 31.7 Å². The van der Waals surface area contributed by atoms with Gasteiger partial charge < -0.3 is 15.5 Å². The van der Waals surface area contributed by atoms with Gasteiger partial charge >= 0.3 is 0 Å². The van der Waals surface area contributed by atoms with Crippen LogP contribution in [-0.4, -0.2) is 48.9 Å². The first kappa shape index (κ1) is 15.4. The third-order valence-electron chi connectivity index (χ3n) is 3.45. The van der Waals surface area contributed by atoms with E-state index in [0.717, 1.165) is 0 Å². The topological polar surface area (TPSA) is 61.4 Å². The van der Waals surface area contributed by atoms with Crippen LogP contribution in [0.15, 0.2) is 18.2 Å². The van der Waals surface area contributed by atoms with Crippen LogP contribution >= 0.6 is 0 Å². The van der Waals surface area contributed by atoms with E-state index < -0.39 is 11.9 Å². The number of benzene rings is 1. The molecule has 6 heteroatoms. The summed E-state index contributed by atoms with van der Waals surface area (Å²) >= 11 is 0. The molecule has 1 aliphatic heterocycles. The lowest BCUT2D eigenvalue weighted by Crippen LogP contribution is -2.59. The molecule has 2 amide bonds. The molecule has 1 heterocycles. The van der Waals surface area contributed by atoms with E-state index >= 15 is 0 Å². The SMILES string of the molecule is CCNC(=O)C1CNCCN1C(=O)c1cc(C)cc(F)c1. The van der Waals surface area contributed by atoms with Crippen molar-refractivity contribution in [1.29, 1.82) is 0 Å². The van der Waals surface area contributed by atoms with Crippen molar-refractivity contribution in [2.24, 2.45) is 0 Å². The van der Waals surface area contributed by atoms with Crippen LogP contribution in [0.2, 0.25) is 0 Å². The lowest BCUT2D eigenvalue weighted by molar-refractivity contribution is -0.126. The van der Waals surface area contributed by atoms with Crippen molar-refractivity contribution < 1.29 is 14.0 Å². The zero-order valence-corrected chi connectivity index (χ0v) is 12.3. The first-order valence-corrected chi connectivity index (χ1v) is 7.09. The highest BCUT2D eigenvalue weighted by Gasteiger charge is 2.32. The van der Waals surface area contributed by atoms with Crippen LogP contribution in [0.3, 0.4) is 0 Å². The predicted molar refractivity (Wildman–Crippen MR) is 77.5 cm³/mol. The maximum atomic E-state index is 13.5. The molecule has 0 aromatic heterocycles. The van der Waals surface area contributed by atoms with Crippen LogP contribution in [-0.2, 0) is 4.79 Å². The Balaban J connectivity index is 2.24. The quantitative estimate of drug-likeness (QED) is 0.862. The van der Waals surface area contributed by atoms with Crippen LogP contribution in [0.1, 0.15) is 22.8 Å². The predicted octanol–water partition coefficient (Wildman–Crippen LogP) is 0.684. The molecule has 1 atom stereocenters. The molecule has 0 aliphatic carbocycles. The van der Waals surface area contributed by atoms with Crippen molar-refractivity contribution in [3.63, 3.8) is 0 Å². The summed E-state index contributed by atoms with van der Waals surface area (Å²) in [7, 11) is 0. The number of piperazine rings is 1. The van der Waals surface area contributed by atoms with Crippen LogP contribution in [0.4, 0.5) is 4.39 Å². The number of aryl methyl sites for hydroxylation is 1. The second-order valence-corrected chi connectivity index (χ2v) is 5.13. The summed E-state index contributed by atoms with van der Waals surface area (Å²) in [5.41, 5.74) is 0.965. The second kappa shape index (κ2) is 6.67. The Morgan fingerprint density at radius 3 is 2.86 bits per heavy atom. The first-order valence-electron chi connectivity index (χ1n) is 7.09. The molecule has 5 nitrogen and oxygen atoms in total. The number of hydrogen-bond acceptors (Lipinski definition) is 3. The van der Waals surface area contributed by atoms with Gasteiger partial charge in [-0.15, -0.1) is 0 Å². The molecule has 1 fully saturated rings. The summed E-state index contributed by atoms with van der Waals surface area (Å²) in [6.07, 6.45) is 0. The van der Waals surface area contributed by atoms with Gasteiger partial charge in [-0.2, -0.15) is 0 Å². The standard InChI is InChI=1S/C15H20FN3O2/c1-3-18-14(20)13-9-17-4-5-19(13)15(21)11-6-10(2)7-12(16)8-11/h6-8,13,17H,3-5,9H2,1-2H3,(H,18,20). The molecule has 21 heavy (non-hydrogen) atoms. The number of amides is 2. The van der Waals surface area contributed by atoms with E-state index in [2.05, 4.69) is 10.6 Å². The average Bonchev–Trinajstić information content (AvgIpc) is 2.45. The number of carbonyl (C=O) groups is 2. The molecule has 1 aromatic carbocycles. The van der Waals surface area contributed by atoms with E-state index in [1.54, 1.807) is 13.0 Å². The fourth-order valence-corrected chi connectivity index (χ4v) is 2.50. The summed E-state index contributed by atoms with van der Waals surface area (Å²) < 4.78 is 13.5. The van der Waals surface area contributed by atoms with Crippen LogP contribution < -0.4 is 10.6 Å². The number of carbonyl (C=O) groups excluding carboxylic acids is 2. The van der Waals surface area contributed by atoms with E-state index in [1.165, 1.54) is 17.0 Å². The van der Waals surface area contributed by atoms with Gasteiger partial charge in [0.25, 0.3) is 5.91 Å². The highest BCUT2D eigenvalue weighted by molar-refractivity contribution is 5.98. The minimum Gasteiger partial charge on any atom is -0.355 e. The number of rotatable bonds is 3. The molecule has 0 spiro atoms. The molecule has 0 saturated carbocycles. The van der Waals surface area contributed by atoms with Crippen molar-refractivity contribution in [2.45, 2.75) is 19.9 Å². The van der Waals surface area contributed by atoms with Crippen LogP contribution in [0.5, 0.6) is 0 Å². The maximum Gasteiger partial charge on any atom is 0.254 e. The zero-order valence-electron chi connectivity index (χ0n) is 12.3. The highest BCUT2D eigenvalue weighted by Crippen LogP contribution is 2.14. The van der Waals surface area contributed by atoms with E-state index in [-0.39, 0.29) is 17.4 Å². The Bertz CT molecular complexity index is 527. The van der Waals surface area contributed by atoms with Gasteiger partial charge in [0.2, 0.25) is 5.91 Å². The summed E-state index contributed by atoms with van der Waals surface area (Å²) in [5, 5.41) is 5.83. The van der Waals surface area contributed by atoms with E-state index in [1.807, 2.05) is 6.92 Å². The van der Waals surface area contributed by atoms with Gasteiger partial charge in [-0.05, 0) is 37.6 Å². The molecule has 1 unspecified atom stereocenters. The maximum absolute atomic E-state index is 13.5. The average molecular weight is 293 g/mol. The molecule has 2 rings (SSSR count). The molecule has 114 valence electrons. The molecular formula is C15H20FN3O2. The second-order valence-electron chi connectivity index (χ2n) is 5.13. The zero-order chi connectivity index (χ0) is 15.4. The monoisotopic (exact) mass is 293 g/mol. The van der Waals surface area contributed by atoms with Gasteiger partial charge in [0.15, 0.2) is 0 Å². The van der Waals surface area contributed by atoms with Gasteiger partial charge in [0.05, 0.1) is 0 Å². The molecule has 1 saturated heterocycles. The van der Waals surface area contributed by atoms with E-state index in [0.29, 0.717) is 31.7 Å². The molecular weight excluding hydrogens is 273 g/mol. The third-order valence-corrected chi connectivity index (χ3v) is 3.45. The third kappa shape index (κ3) is 3.58. The number of nitrogens with zero attached hydrogens (tertiary/aromatic N) is 1. The molecule has 2 N–H and O–H groups in total. The van der Waals surface area contributed by atoms with Crippen molar-refractivity contribution in [3.8, 4) is 0 Å². The minimum absolute atomic E-state index is 0.189. The lowest BCUT2D eigenvalue weighted by atomic mass is 10.1. The van der Waals surface area contributed by atoms with Crippen molar-refractivity contribution >= 4 is 11.8 Å². The van der Waals surface area contributed by atoms with Gasteiger partial charge in [-0.1, -0.05) is 0 Å². The number of likely N-dealkylation sites (N-methyl/N-ethyl adjacent to an activating group) is 1. The Labute approximate surface area is 123 Å². The Hall–Kier alpha value is -1.95. The summed E-state index contributed by atoms with van der Waals surface area (Å²) in [6, 6.07) is 3.67. The minimum atomic E-state index is -0.560. The fourth-order valence-electron chi connectivity index (χ4n) is 2.50. The molecule has 0 radical (unpaired) electrons. The number of halogens is 1. The smallest absolute Gasteiger partial charge is 0.254 e. The summed E-state index contributed by atoms with van der Waals surface area (Å²) in [4.78, 5) is 26.1. The lowest BCUT2D eigenvalue weighted by Gasteiger charge is -2.35. The Kier molecular flexibility index (Phi) is 4.90. The highest BCUT2D eigenvalue weighted by atomic mass is 19.1. The molecule has 1 aromatic rings. The fraction of sp³-hybridized carbons (Fsp3) is 0.467. The van der Waals surface area contributed by atoms with E-state index in [9.17, 15) is 14.0 Å².